The minimum Gasteiger partial charge on any atom is -0.351 e. The molecule has 1 fully saturated rings. The molecule has 120 valence electrons. The van der Waals surface area contributed by atoms with Crippen molar-refractivity contribution >= 4 is 22.0 Å². The van der Waals surface area contributed by atoms with E-state index in [-0.39, 0.29) is 17.3 Å². The number of benzene rings is 1. The minimum absolute atomic E-state index is 0.0123. The molecular formula is C13H18N4O4S. The van der Waals surface area contributed by atoms with Crippen molar-refractivity contribution in [1.29, 1.82) is 0 Å². The van der Waals surface area contributed by atoms with Crippen LogP contribution in [0.25, 0.3) is 0 Å². The fourth-order valence-electron chi connectivity index (χ4n) is 2.41. The number of carbonyl (C=O) groups excluding carboxylic acids is 2. The summed E-state index contributed by atoms with van der Waals surface area (Å²) in [6, 6.07) is 4.75. The average Bonchev–Trinajstić information content (AvgIpc) is 2.94. The van der Waals surface area contributed by atoms with Crippen LogP contribution in [0.15, 0.2) is 29.2 Å². The number of carbonyl (C=O) groups is 2. The fourth-order valence-corrected chi connectivity index (χ4v) is 2.92. The van der Waals surface area contributed by atoms with Crippen LogP contribution >= 0.6 is 0 Å². The molecule has 3 amide bonds. The zero-order valence-corrected chi connectivity index (χ0v) is 12.7. The van der Waals surface area contributed by atoms with E-state index in [4.69, 9.17) is 10.9 Å². The third kappa shape index (κ3) is 3.74. The number of likely N-dealkylation sites (tertiary alicyclic amines) is 1. The van der Waals surface area contributed by atoms with Crippen molar-refractivity contribution in [2.24, 2.45) is 10.9 Å². The van der Waals surface area contributed by atoms with E-state index in [9.17, 15) is 18.0 Å². The molecule has 0 aromatic heterocycles. The number of primary amides is 1. The van der Waals surface area contributed by atoms with Crippen LogP contribution in [0.3, 0.4) is 0 Å². The van der Waals surface area contributed by atoms with Crippen LogP contribution in [0.4, 0.5) is 4.79 Å². The van der Waals surface area contributed by atoms with E-state index in [1.807, 2.05) is 0 Å². The molecule has 1 aromatic carbocycles. The van der Waals surface area contributed by atoms with Crippen LogP contribution in [0, 0.1) is 0 Å². The van der Waals surface area contributed by atoms with E-state index in [1.54, 1.807) is 12.1 Å². The zero-order valence-electron chi connectivity index (χ0n) is 11.9. The van der Waals surface area contributed by atoms with Gasteiger partial charge in [-0.05, 0) is 30.5 Å². The molecule has 2 rings (SSSR count). The molecule has 0 bridgehead atoms. The van der Waals surface area contributed by atoms with Gasteiger partial charge in [-0.25, -0.2) is 18.4 Å². The highest BCUT2D eigenvalue weighted by atomic mass is 32.2. The molecule has 5 N–H and O–H groups in total. The van der Waals surface area contributed by atoms with Crippen LogP contribution in [0.2, 0.25) is 0 Å². The largest absolute Gasteiger partial charge is 0.351 e. The van der Waals surface area contributed by atoms with Gasteiger partial charge in [0.15, 0.2) is 0 Å². The van der Waals surface area contributed by atoms with Crippen molar-refractivity contribution in [3.05, 3.63) is 29.8 Å². The molecule has 1 unspecified atom stereocenters. The Kier molecular flexibility index (Phi) is 4.67. The first-order chi connectivity index (χ1) is 10.3. The second-order valence-corrected chi connectivity index (χ2v) is 6.66. The highest BCUT2D eigenvalue weighted by molar-refractivity contribution is 7.89. The lowest BCUT2D eigenvalue weighted by Crippen LogP contribution is -2.47. The van der Waals surface area contributed by atoms with Crippen molar-refractivity contribution in [3.8, 4) is 0 Å². The lowest BCUT2D eigenvalue weighted by molar-refractivity contribution is -0.124. The third-order valence-corrected chi connectivity index (χ3v) is 4.49. The summed E-state index contributed by atoms with van der Waals surface area (Å²) in [5, 5.41) is 7.72. The summed E-state index contributed by atoms with van der Waals surface area (Å²) >= 11 is 0. The summed E-state index contributed by atoms with van der Waals surface area (Å²) in [5.41, 5.74) is 5.96. The maximum atomic E-state index is 12.1. The number of nitrogens with zero attached hydrogens (tertiary/aromatic N) is 1. The summed E-state index contributed by atoms with van der Waals surface area (Å²) in [5.74, 6) is -0.271. The van der Waals surface area contributed by atoms with Crippen LogP contribution in [-0.2, 0) is 21.4 Å². The second kappa shape index (κ2) is 6.32. The van der Waals surface area contributed by atoms with Gasteiger partial charge in [0.2, 0.25) is 15.9 Å². The molecular weight excluding hydrogens is 308 g/mol. The maximum absolute atomic E-state index is 12.1. The number of nitrogens with one attached hydrogen (secondary N) is 1. The Morgan fingerprint density at radius 1 is 1.27 bits per heavy atom. The van der Waals surface area contributed by atoms with E-state index < -0.39 is 22.1 Å². The fraction of sp³-hybridized carbons (Fsp3) is 0.385. The van der Waals surface area contributed by atoms with Crippen molar-refractivity contribution in [3.63, 3.8) is 0 Å². The maximum Gasteiger partial charge on any atom is 0.315 e. The SMILES string of the molecule is NC(=O)N1CCCC1C(=O)NCc1ccc(S(N)(=O)=O)cc1. The highest BCUT2D eigenvalue weighted by Crippen LogP contribution is 2.17. The quantitative estimate of drug-likeness (QED) is 0.686. The van der Waals surface area contributed by atoms with Crippen molar-refractivity contribution in [2.75, 3.05) is 6.54 Å². The molecule has 1 aliphatic rings. The summed E-state index contributed by atoms with van der Waals surface area (Å²) < 4.78 is 22.3. The van der Waals surface area contributed by atoms with Gasteiger partial charge in [0, 0.05) is 13.1 Å². The van der Waals surface area contributed by atoms with Crippen LogP contribution in [0.5, 0.6) is 0 Å². The van der Waals surface area contributed by atoms with Gasteiger partial charge in [-0.15, -0.1) is 0 Å². The Morgan fingerprint density at radius 2 is 1.91 bits per heavy atom. The number of hydrogen-bond acceptors (Lipinski definition) is 4. The van der Waals surface area contributed by atoms with E-state index in [2.05, 4.69) is 5.32 Å². The van der Waals surface area contributed by atoms with Gasteiger partial charge < -0.3 is 16.0 Å². The number of urea groups is 1. The van der Waals surface area contributed by atoms with Gasteiger partial charge in [-0.1, -0.05) is 12.1 Å². The average molecular weight is 326 g/mol. The molecule has 0 saturated carbocycles. The van der Waals surface area contributed by atoms with E-state index >= 15 is 0 Å². The molecule has 1 atom stereocenters. The minimum atomic E-state index is -3.73. The topological polar surface area (TPSA) is 136 Å². The van der Waals surface area contributed by atoms with Gasteiger partial charge in [0.05, 0.1) is 4.90 Å². The van der Waals surface area contributed by atoms with Crippen molar-refractivity contribution < 1.29 is 18.0 Å². The first-order valence-corrected chi connectivity index (χ1v) is 8.29. The lowest BCUT2D eigenvalue weighted by atomic mass is 10.2. The van der Waals surface area contributed by atoms with E-state index in [0.29, 0.717) is 13.0 Å². The van der Waals surface area contributed by atoms with Gasteiger partial charge >= 0.3 is 6.03 Å². The van der Waals surface area contributed by atoms with Gasteiger partial charge in [-0.3, -0.25) is 4.79 Å². The Balaban J connectivity index is 1.95. The molecule has 1 saturated heterocycles. The number of amides is 3. The first-order valence-electron chi connectivity index (χ1n) is 6.74. The third-order valence-electron chi connectivity index (χ3n) is 3.56. The molecule has 1 heterocycles. The standard InChI is InChI=1S/C13H18N4O4S/c14-13(19)17-7-1-2-11(17)12(18)16-8-9-3-5-10(6-4-9)22(15,20)21/h3-6,11H,1-2,7-8H2,(H2,14,19)(H,16,18)(H2,15,20,21). The van der Waals surface area contributed by atoms with E-state index in [0.717, 1.165) is 12.0 Å². The monoisotopic (exact) mass is 326 g/mol. The van der Waals surface area contributed by atoms with Crippen LogP contribution in [-0.4, -0.2) is 37.8 Å². The first kappa shape index (κ1) is 16.2. The summed E-state index contributed by atoms with van der Waals surface area (Å²) in [4.78, 5) is 24.7. The molecule has 0 radical (unpaired) electrons. The molecule has 8 nitrogen and oxygen atoms in total. The second-order valence-electron chi connectivity index (χ2n) is 5.10. The predicted molar refractivity (Wildman–Crippen MR) is 79.0 cm³/mol. The molecule has 0 spiro atoms. The molecule has 9 heteroatoms. The smallest absolute Gasteiger partial charge is 0.315 e. The predicted octanol–water partition coefficient (Wildman–Crippen LogP) is -0.507. The summed E-state index contributed by atoms with van der Waals surface area (Å²) in [6.45, 7) is 0.712. The summed E-state index contributed by atoms with van der Waals surface area (Å²) in [7, 11) is -3.73. The molecule has 1 aliphatic heterocycles. The van der Waals surface area contributed by atoms with Crippen molar-refractivity contribution in [2.45, 2.75) is 30.3 Å². The number of nitrogens with two attached hydrogens (primary N) is 2. The van der Waals surface area contributed by atoms with Crippen molar-refractivity contribution in [1.82, 2.24) is 10.2 Å². The number of hydrogen-bond donors (Lipinski definition) is 3. The summed E-state index contributed by atoms with van der Waals surface area (Å²) in [6.07, 6.45) is 1.32. The Bertz CT molecular complexity index is 672. The number of primary sulfonamides is 1. The Labute approximate surface area is 128 Å². The molecule has 22 heavy (non-hydrogen) atoms. The number of rotatable bonds is 4. The lowest BCUT2D eigenvalue weighted by Gasteiger charge is -2.21. The van der Waals surface area contributed by atoms with Crippen LogP contribution in [0.1, 0.15) is 18.4 Å². The normalized spacial score (nSPS) is 18.2. The zero-order chi connectivity index (χ0) is 16.3. The molecule has 1 aromatic rings. The van der Waals surface area contributed by atoms with Crippen LogP contribution < -0.4 is 16.2 Å². The van der Waals surface area contributed by atoms with Gasteiger partial charge in [-0.2, -0.15) is 0 Å². The Hall–Kier alpha value is -2.13. The van der Waals surface area contributed by atoms with Gasteiger partial charge in [0.1, 0.15) is 6.04 Å². The Morgan fingerprint density at radius 3 is 2.45 bits per heavy atom. The number of sulfonamides is 1. The van der Waals surface area contributed by atoms with Gasteiger partial charge in [0.25, 0.3) is 0 Å². The highest BCUT2D eigenvalue weighted by Gasteiger charge is 2.32. The molecule has 0 aliphatic carbocycles. The van der Waals surface area contributed by atoms with E-state index in [1.165, 1.54) is 17.0 Å².